The second kappa shape index (κ2) is 6.57. The van der Waals surface area contributed by atoms with E-state index in [0.29, 0.717) is 5.56 Å². The van der Waals surface area contributed by atoms with Crippen molar-refractivity contribution >= 4 is 5.82 Å². The Morgan fingerprint density at radius 2 is 1.81 bits per heavy atom. The van der Waals surface area contributed by atoms with Crippen molar-refractivity contribution in [1.82, 2.24) is 9.78 Å². The van der Waals surface area contributed by atoms with Gasteiger partial charge in [-0.15, -0.1) is 0 Å². The maximum Gasteiger partial charge on any atom is 0.151 e. The van der Waals surface area contributed by atoms with Crippen LogP contribution in [0.25, 0.3) is 5.69 Å². The van der Waals surface area contributed by atoms with Crippen LogP contribution in [0.15, 0.2) is 48.5 Å². The molecular weight excluding hydrogens is 324 g/mol. The van der Waals surface area contributed by atoms with Gasteiger partial charge >= 0.3 is 0 Å². The number of anilines is 1. The van der Waals surface area contributed by atoms with Crippen LogP contribution in [0.5, 0.6) is 5.75 Å². The van der Waals surface area contributed by atoms with E-state index in [4.69, 9.17) is 4.74 Å². The lowest BCUT2D eigenvalue weighted by atomic mass is 9.99. The van der Waals surface area contributed by atoms with E-state index >= 15 is 0 Å². The average Bonchev–Trinajstić information content (AvgIpc) is 3.04. The van der Waals surface area contributed by atoms with Crippen LogP contribution >= 0.6 is 0 Å². The quantitative estimate of drug-likeness (QED) is 0.728. The van der Waals surface area contributed by atoms with Crippen LogP contribution < -0.4 is 9.64 Å². The number of rotatable bonds is 3. The minimum absolute atomic E-state index is 0.639. The Labute approximate surface area is 153 Å². The Morgan fingerprint density at radius 1 is 1.08 bits per heavy atom. The summed E-state index contributed by atoms with van der Waals surface area (Å²) in [7, 11) is 1.65. The third-order valence-corrected chi connectivity index (χ3v) is 4.90. The molecule has 2 heterocycles. The molecule has 5 heteroatoms. The zero-order valence-corrected chi connectivity index (χ0v) is 14.9. The summed E-state index contributed by atoms with van der Waals surface area (Å²) >= 11 is 0. The lowest BCUT2D eigenvalue weighted by Gasteiger charge is -2.31. The minimum atomic E-state index is 0.639. The van der Waals surface area contributed by atoms with Crippen molar-refractivity contribution in [3.05, 3.63) is 70.9 Å². The number of nitriles is 1. The average molecular weight is 344 g/mol. The SMILES string of the molecule is COc1ccc(-n2nc(C)c(C#N)c2N2CCc3ccccc3C2)cc1. The van der Waals surface area contributed by atoms with Gasteiger partial charge in [-0.2, -0.15) is 10.4 Å². The van der Waals surface area contributed by atoms with Gasteiger partial charge in [-0.1, -0.05) is 24.3 Å². The van der Waals surface area contributed by atoms with Crippen molar-refractivity contribution in [1.29, 1.82) is 5.26 Å². The first-order chi connectivity index (χ1) is 12.7. The van der Waals surface area contributed by atoms with E-state index in [1.165, 1.54) is 11.1 Å². The van der Waals surface area contributed by atoms with Gasteiger partial charge in [0, 0.05) is 13.1 Å². The van der Waals surface area contributed by atoms with Crippen molar-refractivity contribution in [3.8, 4) is 17.5 Å². The van der Waals surface area contributed by atoms with Crippen LogP contribution in [0.2, 0.25) is 0 Å². The molecule has 0 radical (unpaired) electrons. The standard InChI is InChI=1S/C21H20N4O/c1-15-20(13-22)21(24-12-11-16-5-3-4-6-17(16)14-24)25(23-15)18-7-9-19(26-2)10-8-18/h3-10H,11-12,14H2,1-2H3. The molecule has 0 fully saturated rings. The van der Waals surface area contributed by atoms with Gasteiger partial charge in [-0.25, -0.2) is 4.68 Å². The molecule has 0 amide bonds. The van der Waals surface area contributed by atoms with E-state index in [1.54, 1.807) is 7.11 Å². The molecule has 130 valence electrons. The van der Waals surface area contributed by atoms with Gasteiger partial charge in [0.25, 0.3) is 0 Å². The van der Waals surface area contributed by atoms with Crippen molar-refractivity contribution in [3.63, 3.8) is 0 Å². The van der Waals surface area contributed by atoms with E-state index in [1.807, 2.05) is 35.9 Å². The molecule has 0 saturated carbocycles. The zero-order valence-electron chi connectivity index (χ0n) is 14.9. The number of benzene rings is 2. The van der Waals surface area contributed by atoms with E-state index in [9.17, 15) is 5.26 Å². The van der Waals surface area contributed by atoms with Crippen LogP contribution in [0, 0.1) is 18.3 Å². The van der Waals surface area contributed by atoms with Crippen molar-refractivity contribution in [2.24, 2.45) is 0 Å². The molecule has 4 rings (SSSR count). The Morgan fingerprint density at radius 3 is 2.50 bits per heavy atom. The molecule has 0 atom stereocenters. The number of ether oxygens (including phenoxy) is 1. The second-order valence-corrected chi connectivity index (χ2v) is 6.45. The minimum Gasteiger partial charge on any atom is -0.497 e. The number of fused-ring (bicyclic) bond motifs is 1. The fourth-order valence-electron chi connectivity index (χ4n) is 3.52. The van der Waals surface area contributed by atoms with Gasteiger partial charge in [0.15, 0.2) is 5.82 Å². The molecule has 0 aliphatic carbocycles. The van der Waals surface area contributed by atoms with Crippen LogP contribution in [0.3, 0.4) is 0 Å². The molecule has 1 aromatic heterocycles. The summed E-state index contributed by atoms with van der Waals surface area (Å²) in [6.07, 6.45) is 0.966. The predicted octanol–water partition coefficient (Wildman–Crippen LogP) is 3.62. The molecule has 1 aliphatic rings. The van der Waals surface area contributed by atoms with Crippen LogP contribution in [0.1, 0.15) is 22.4 Å². The van der Waals surface area contributed by atoms with Crippen molar-refractivity contribution < 1.29 is 4.74 Å². The number of nitrogens with zero attached hydrogens (tertiary/aromatic N) is 4. The number of hydrogen-bond donors (Lipinski definition) is 0. The molecule has 0 N–H and O–H groups in total. The number of methoxy groups -OCH3 is 1. The van der Waals surface area contributed by atoms with Gasteiger partial charge < -0.3 is 9.64 Å². The van der Waals surface area contributed by atoms with Crippen molar-refractivity contribution in [2.75, 3.05) is 18.6 Å². The molecular formula is C21H20N4O. The maximum absolute atomic E-state index is 9.72. The Bertz CT molecular complexity index is 982. The number of hydrogen-bond acceptors (Lipinski definition) is 4. The van der Waals surface area contributed by atoms with Gasteiger partial charge in [0.05, 0.1) is 18.5 Å². The van der Waals surface area contributed by atoms with Gasteiger partial charge in [-0.05, 0) is 48.7 Å². The third kappa shape index (κ3) is 2.70. The Hall–Kier alpha value is -3.26. The highest BCUT2D eigenvalue weighted by molar-refractivity contribution is 5.62. The van der Waals surface area contributed by atoms with E-state index in [2.05, 4.69) is 40.3 Å². The topological polar surface area (TPSA) is 54.1 Å². The first-order valence-corrected chi connectivity index (χ1v) is 8.67. The first kappa shape index (κ1) is 16.2. The molecule has 0 spiro atoms. The number of aryl methyl sites for hydroxylation is 1. The van der Waals surface area contributed by atoms with E-state index in [-0.39, 0.29) is 0 Å². The fourth-order valence-corrected chi connectivity index (χ4v) is 3.52. The molecule has 2 aromatic carbocycles. The summed E-state index contributed by atoms with van der Waals surface area (Å²) in [6, 6.07) is 18.6. The highest BCUT2D eigenvalue weighted by Gasteiger charge is 2.25. The van der Waals surface area contributed by atoms with Gasteiger partial charge in [-0.3, -0.25) is 0 Å². The number of aromatic nitrogens is 2. The second-order valence-electron chi connectivity index (χ2n) is 6.45. The summed E-state index contributed by atoms with van der Waals surface area (Å²) in [5.41, 5.74) is 5.00. The predicted molar refractivity (Wildman–Crippen MR) is 101 cm³/mol. The Kier molecular flexibility index (Phi) is 4.10. The van der Waals surface area contributed by atoms with Crippen LogP contribution in [0.4, 0.5) is 5.82 Å². The van der Waals surface area contributed by atoms with Crippen LogP contribution in [-0.4, -0.2) is 23.4 Å². The molecule has 26 heavy (non-hydrogen) atoms. The van der Waals surface area contributed by atoms with Gasteiger partial charge in [0.1, 0.15) is 17.4 Å². The van der Waals surface area contributed by atoms with Crippen molar-refractivity contribution in [2.45, 2.75) is 19.9 Å². The molecule has 3 aromatic rings. The van der Waals surface area contributed by atoms with E-state index < -0.39 is 0 Å². The molecule has 5 nitrogen and oxygen atoms in total. The monoisotopic (exact) mass is 344 g/mol. The van der Waals surface area contributed by atoms with E-state index in [0.717, 1.165) is 42.5 Å². The lowest BCUT2D eigenvalue weighted by Crippen LogP contribution is -2.32. The summed E-state index contributed by atoms with van der Waals surface area (Å²) in [5.74, 6) is 1.66. The van der Waals surface area contributed by atoms with Gasteiger partial charge in [0.2, 0.25) is 0 Å². The first-order valence-electron chi connectivity index (χ1n) is 8.67. The highest BCUT2D eigenvalue weighted by atomic mass is 16.5. The molecule has 0 saturated heterocycles. The molecule has 1 aliphatic heterocycles. The molecule has 0 bridgehead atoms. The fraction of sp³-hybridized carbons (Fsp3) is 0.238. The summed E-state index contributed by atoms with van der Waals surface area (Å²) < 4.78 is 7.12. The molecule has 0 unspecified atom stereocenters. The zero-order chi connectivity index (χ0) is 18.1. The smallest absolute Gasteiger partial charge is 0.151 e. The summed E-state index contributed by atoms with van der Waals surface area (Å²) in [4.78, 5) is 2.26. The third-order valence-electron chi connectivity index (χ3n) is 4.90. The summed E-state index contributed by atoms with van der Waals surface area (Å²) in [6.45, 7) is 3.54. The highest BCUT2D eigenvalue weighted by Crippen LogP contribution is 2.31. The normalized spacial score (nSPS) is 13.2. The largest absolute Gasteiger partial charge is 0.497 e. The lowest BCUT2D eigenvalue weighted by molar-refractivity contribution is 0.414. The van der Waals surface area contributed by atoms with Crippen LogP contribution in [-0.2, 0) is 13.0 Å². The Balaban J connectivity index is 1.79. The summed E-state index contributed by atoms with van der Waals surface area (Å²) in [5, 5.41) is 14.4. The maximum atomic E-state index is 9.72.